The van der Waals surface area contributed by atoms with Crippen molar-refractivity contribution in [2.75, 3.05) is 13.1 Å². The van der Waals surface area contributed by atoms with Crippen LogP contribution in [0.5, 0.6) is 0 Å². The maximum Gasteiger partial charge on any atom is 0.307 e. The lowest BCUT2D eigenvalue weighted by atomic mass is 10.0. The summed E-state index contributed by atoms with van der Waals surface area (Å²) in [5.41, 5.74) is 0. The number of hydrogen-bond acceptors (Lipinski definition) is 2. The molecule has 15 heavy (non-hydrogen) atoms. The Balaban J connectivity index is 4.25. The van der Waals surface area contributed by atoms with Crippen LogP contribution in [0.25, 0.3) is 0 Å². The highest BCUT2D eigenvalue weighted by atomic mass is 16.4. The Morgan fingerprint density at radius 2 is 1.93 bits per heavy atom. The molecule has 3 heteroatoms. The molecular weight excluding hydrogens is 190 g/mol. The van der Waals surface area contributed by atoms with Crippen LogP contribution in [0.3, 0.4) is 0 Å². The summed E-state index contributed by atoms with van der Waals surface area (Å²) in [6, 6.07) is 0.543. The van der Waals surface area contributed by atoms with Crippen LogP contribution in [0.2, 0.25) is 0 Å². The third kappa shape index (κ3) is 5.17. The highest BCUT2D eigenvalue weighted by Gasteiger charge is 2.20. The molecule has 0 saturated heterocycles. The molecule has 0 saturated carbocycles. The van der Waals surface area contributed by atoms with Crippen molar-refractivity contribution < 1.29 is 9.90 Å². The third-order valence-electron chi connectivity index (χ3n) is 2.95. The van der Waals surface area contributed by atoms with Gasteiger partial charge >= 0.3 is 5.97 Å². The summed E-state index contributed by atoms with van der Waals surface area (Å²) in [7, 11) is 0. The van der Waals surface area contributed by atoms with Gasteiger partial charge in [0.1, 0.15) is 0 Å². The normalized spacial score (nSPS) is 15.3. The van der Waals surface area contributed by atoms with Crippen LogP contribution in [0.15, 0.2) is 0 Å². The minimum Gasteiger partial charge on any atom is -0.481 e. The zero-order valence-electron chi connectivity index (χ0n) is 10.5. The number of rotatable bonds is 8. The molecule has 0 aromatic carbocycles. The van der Waals surface area contributed by atoms with Gasteiger partial charge in [-0.1, -0.05) is 34.1 Å². The van der Waals surface area contributed by atoms with E-state index in [1.54, 1.807) is 6.92 Å². The largest absolute Gasteiger partial charge is 0.481 e. The van der Waals surface area contributed by atoms with E-state index in [9.17, 15) is 4.79 Å². The SMILES string of the molecule is CCCC(CC)N(CC)CC(C)C(=O)O. The fraction of sp³-hybridized carbons (Fsp3) is 0.917. The van der Waals surface area contributed by atoms with Crippen LogP contribution in [0.4, 0.5) is 0 Å². The zero-order valence-corrected chi connectivity index (χ0v) is 10.5. The molecular formula is C12H25NO2. The maximum absolute atomic E-state index is 10.8. The fourth-order valence-electron chi connectivity index (χ4n) is 1.94. The Kier molecular flexibility index (Phi) is 7.39. The summed E-state index contributed by atoms with van der Waals surface area (Å²) >= 11 is 0. The molecule has 1 N–H and O–H groups in total. The summed E-state index contributed by atoms with van der Waals surface area (Å²) < 4.78 is 0. The molecule has 0 rings (SSSR count). The van der Waals surface area contributed by atoms with Gasteiger partial charge in [0.25, 0.3) is 0 Å². The van der Waals surface area contributed by atoms with Gasteiger partial charge in [-0.15, -0.1) is 0 Å². The second kappa shape index (κ2) is 7.69. The molecule has 0 fully saturated rings. The molecule has 3 nitrogen and oxygen atoms in total. The van der Waals surface area contributed by atoms with Crippen LogP contribution >= 0.6 is 0 Å². The van der Waals surface area contributed by atoms with Crippen molar-refractivity contribution in [1.82, 2.24) is 4.90 Å². The smallest absolute Gasteiger partial charge is 0.307 e. The molecule has 0 aromatic rings. The van der Waals surface area contributed by atoms with Gasteiger partial charge < -0.3 is 5.11 Å². The lowest BCUT2D eigenvalue weighted by molar-refractivity contribution is -0.141. The number of hydrogen-bond donors (Lipinski definition) is 1. The lowest BCUT2D eigenvalue weighted by Crippen LogP contribution is -2.39. The first kappa shape index (κ1) is 14.4. The van der Waals surface area contributed by atoms with E-state index in [1.165, 1.54) is 0 Å². The molecule has 0 amide bonds. The number of nitrogens with zero attached hydrogens (tertiary/aromatic N) is 1. The van der Waals surface area contributed by atoms with E-state index in [4.69, 9.17) is 5.11 Å². The standard InChI is InChI=1S/C12H25NO2/c1-5-8-11(6-2)13(7-3)9-10(4)12(14)15/h10-11H,5-9H2,1-4H3,(H,14,15). The minimum atomic E-state index is -0.695. The van der Waals surface area contributed by atoms with E-state index in [1.807, 2.05) is 0 Å². The predicted octanol–water partition coefficient (Wildman–Crippen LogP) is 2.61. The zero-order chi connectivity index (χ0) is 11.8. The quantitative estimate of drug-likeness (QED) is 0.676. The molecule has 0 aliphatic heterocycles. The Morgan fingerprint density at radius 3 is 2.27 bits per heavy atom. The molecule has 0 radical (unpaired) electrons. The van der Waals surface area contributed by atoms with Crippen LogP contribution < -0.4 is 0 Å². The van der Waals surface area contributed by atoms with Gasteiger partial charge in [0.15, 0.2) is 0 Å². The van der Waals surface area contributed by atoms with E-state index in [0.29, 0.717) is 12.6 Å². The van der Waals surface area contributed by atoms with Crippen molar-refractivity contribution in [1.29, 1.82) is 0 Å². The summed E-state index contributed by atoms with van der Waals surface area (Å²) in [4.78, 5) is 13.1. The van der Waals surface area contributed by atoms with Crippen LogP contribution in [-0.2, 0) is 4.79 Å². The molecule has 2 unspecified atom stereocenters. The number of carbonyl (C=O) groups is 1. The highest BCUT2D eigenvalue weighted by molar-refractivity contribution is 5.69. The van der Waals surface area contributed by atoms with Gasteiger partial charge in [0.05, 0.1) is 5.92 Å². The van der Waals surface area contributed by atoms with E-state index >= 15 is 0 Å². The predicted molar refractivity (Wildman–Crippen MR) is 63.0 cm³/mol. The van der Waals surface area contributed by atoms with E-state index < -0.39 is 5.97 Å². The molecule has 2 atom stereocenters. The van der Waals surface area contributed by atoms with Gasteiger partial charge in [-0.25, -0.2) is 0 Å². The molecule has 0 aliphatic rings. The first-order valence-electron chi connectivity index (χ1n) is 6.03. The summed E-state index contributed by atoms with van der Waals surface area (Å²) in [5.74, 6) is -0.962. The Morgan fingerprint density at radius 1 is 1.33 bits per heavy atom. The highest BCUT2D eigenvalue weighted by Crippen LogP contribution is 2.13. The van der Waals surface area contributed by atoms with Crippen LogP contribution in [0.1, 0.15) is 47.0 Å². The Bertz CT molecular complexity index is 182. The van der Waals surface area contributed by atoms with E-state index in [0.717, 1.165) is 25.8 Å². The van der Waals surface area contributed by atoms with Crippen LogP contribution in [0, 0.1) is 5.92 Å². The van der Waals surface area contributed by atoms with Gasteiger partial charge in [0, 0.05) is 12.6 Å². The van der Waals surface area contributed by atoms with Gasteiger partial charge in [-0.2, -0.15) is 0 Å². The molecule has 90 valence electrons. The monoisotopic (exact) mass is 215 g/mol. The topological polar surface area (TPSA) is 40.5 Å². The second-order valence-electron chi connectivity index (χ2n) is 4.18. The van der Waals surface area contributed by atoms with Crippen molar-refractivity contribution in [2.45, 2.75) is 53.0 Å². The Hall–Kier alpha value is -0.570. The number of carboxylic acids is 1. The number of carboxylic acid groups (broad SMARTS) is 1. The van der Waals surface area contributed by atoms with Gasteiger partial charge in [-0.3, -0.25) is 9.69 Å². The summed E-state index contributed by atoms with van der Waals surface area (Å²) in [5, 5.41) is 8.88. The molecule has 0 bridgehead atoms. The third-order valence-corrected chi connectivity index (χ3v) is 2.95. The fourth-order valence-corrected chi connectivity index (χ4v) is 1.94. The average Bonchev–Trinajstić information content (AvgIpc) is 2.22. The van der Waals surface area contributed by atoms with Crippen molar-refractivity contribution in [2.24, 2.45) is 5.92 Å². The molecule has 0 heterocycles. The molecule has 0 aliphatic carbocycles. The van der Waals surface area contributed by atoms with Crippen molar-refractivity contribution >= 4 is 5.97 Å². The Labute approximate surface area is 93.5 Å². The minimum absolute atomic E-state index is 0.268. The van der Waals surface area contributed by atoms with Crippen molar-refractivity contribution in [3.63, 3.8) is 0 Å². The second-order valence-corrected chi connectivity index (χ2v) is 4.18. The van der Waals surface area contributed by atoms with Crippen molar-refractivity contribution in [3.05, 3.63) is 0 Å². The molecule has 0 spiro atoms. The summed E-state index contributed by atoms with van der Waals surface area (Å²) in [6.45, 7) is 9.85. The maximum atomic E-state index is 10.8. The average molecular weight is 215 g/mol. The van der Waals surface area contributed by atoms with E-state index in [-0.39, 0.29) is 5.92 Å². The first-order valence-corrected chi connectivity index (χ1v) is 6.03. The first-order chi connectivity index (χ1) is 7.06. The van der Waals surface area contributed by atoms with Crippen LogP contribution in [-0.4, -0.2) is 35.1 Å². The van der Waals surface area contributed by atoms with Gasteiger partial charge in [-0.05, 0) is 19.4 Å². The van der Waals surface area contributed by atoms with Gasteiger partial charge in [0.2, 0.25) is 0 Å². The molecule has 0 aromatic heterocycles. The van der Waals surface area contributed by atoms with Crippen molar-refractivity contribution in [3.8, 4) is 0 Å². The number of aliphatic carboxylic acids is 1. The lowest BCUT2D eigenvalue weighted by Gasteiger charge is -2.31. The van der Waals surface area contributed by atoms with E-state index in [2.05, 4.69) is 25.7 Å². The summed E-state index contributed by atoms with van der Waals surface area (Å²) in [6.07, 6.45) is 3.43.